The lowest BCUT2D eigenvalue weighted by Crippen LogP contribution is -2.25. The fraction of sp³-hybridized carbons (Fsp3) is 0.250. The molecule has 1 unspecified atom stereocenters. The number of allylic oxidation sites excluding steroid dienone is 5. The summed E-state index contributed by atoms with van der Waals surface area (Å²) in [6.07, 6.45) is 7.56. The molecule has 1 aromatic carbocycles. The molecule has 0 aromatic heterocycles. The Morgan fingerprint density at radius 3 is 2.25 bits per heavy atom. The molecule has 3 rings (SSSR count). The maximum absolute atomic E-state index is 13.2. The molecule has 1 aromatic rings. The number of hydrogen-bond donors (Lipinski definition) is 1. The number of aliphatic hydroxyl groups is 1. The van der Waals surface area contributed by atoms with Crippen molar-refractivity contribution in [2.75, 3.05) is 26.4 Å². The summed E-state index contributed by atoms with van der Waals surface area (Å²) in [6.45, 7) is 10.6. The van der Waals surface area contributed by atoms with Gasteiger partial charge in [0.15, 0.2) is 0 Å². The van der Waals surface area contributed by atoms with E-state index in [2.05, 4.69) is 13.2 Å². The summed E-state index contributed by atoms with van der Waals surface area (Å²) in [5.74, 6) is -0.806. The molecule has 0 spiro atoms. The second-order valence-corrected chi connectivity index (χ2v) is 8.03. The van der Waals surface area contributed by atoms with Gasteiger partial charge in [0, 0.05) is 23.3 Å². The molecule has 2 aliphatic rings. The molecule has 0 saturated carbocycles. The summed E-state index contributed by atoms with van der Waals surface area (Å²) in [6, 6.07) is 5.25. The molecule has 0 radical (unpaired) electrons. The summed E-state index contributed by atoms with van der Waals surface area (Å²) in [7, 11) is 0. The summed E-state index contributed by atoms with van der Waals surface area (Å²) >= 11 is 0. The van der Waals surface area contributed by atoms with E-state index >= 15 is 0 Å². The number of benzene rings is 1. The molecule has 0 heterocycles. The maximum atomic E-state index is 13.2. The highest BCUT2D eigenvalue weighted by atomic mass is 16.6. The molecule has 36 heavy (non-hydrogen) atoms. The van der Waals surface area contributed by atoms with Gasteiger partial charge in [-0.3, -0.25) is 4.79 Å². The third-order valence-electron chi connectivity index (χ3n) is 5.35. The van der Waals surface area contributed by atoms with Crippen LogP contribution in [0.5, 0.6) is 5.75 Å². The van der Waals surface area contributed by atoms with Gasteiger partial charge in [0.2, 0.25) is 5.78 Å². The van der Waals surface area contributed by atoms with Crippen molar-refractivity contribution in [1.82, 2.24) is 0 Å². The summed E-state index contributed by atoms with van der Waals surface area (Å²) in [5, 5.41) is 10.9. The van der Waals surface area contributed by atoms with Crippen LogP contribution >= 0.6 is 0 Å². The smallest absolute Gasteiger partial charge is 0.330 e. The van der Waals surface area contributed by atoms with Gasteiger partial charge in [0.1, 0.15) is 43.7 Å². The average Bonchev–Trinajstić information content (AvgIpc) is 2.86. The number of carbonyl (C=O) groups excluding carboxylic acids is 3. The van der Waals surface area contributed by atoms with Crippen molar-refractivity contribution in [3.8, 4) is 5.75 Å². The number of Topliss-reactive ketones (excluding diaryl/α,β-unsaturated/α-hetero) is 1. The number of carbonyl (C=O) groups is 3. The minimum absolute atomic E-state index is 0.00307. The number of aliphatic hydroxyl groups excluding tert-OH is 1. The second kappa shape index (κ2) is 11.9. The van der Waals surface area contributed by atoms with Gasteiger partial charge in [0.25, 0.3) is 0 Å². The Bertz CT molecular complexity index is 1210. The van der Waals surface area contributed by atoms with Crippen molar-refractivity contribution < 1.29 is 38.4 Å². The Morgan fingerprint density at radius 2 is 1.64 bits per heavy atom. The lowest BCUT2D eigenvalue weighted by molar-refractivity contribution is -0.139. The zero-order valence-corrected chi connectivity index (χ0v) is 20.2. The van der Waals surface area contributed by atoms with Gasteiger partial charge >= 0.3 is 11.9 Å². The topological polar surface area (TPSA) is 108 Å². The van der Waals surface area contributed by atoms with Crippen LogP contribution in [-0.4, -0.2) is 49.3 Å². The van der Waals surface area contributed by atoms with Gasteiger partial charge in [-0.15, -0.1) is 0 Å². The first-order chi connectivity index (χ1) is 17.3. The van der Waals surface area contributed by atoms with Crippen molar-refractivity contribution in [3.63, 3.8) is 0 Å². The van der Waals surface area contributed by atoms with Gasteiger partial charge in [0.05, 0.1) is 11.1 Å². The molecule has 0 amide bonds. The van der Waals surface area contributed by atoms with E-state index in [-0.39, 0.29) is 55.0 Å². The third-order valence-corrected chi connectivity index (χ3v) is 5.35. The van der Waals surface area contributed by atoms with Crippen LogP contribution in [0.2, 0.25) is 0 Å². The van der Waals surface area contributed by atoms with Crippen LogP contribution in [0.25, 0.3) is 5.57 Å². The minimum Gasteiger partial charge on any atom is -0.506 e. The molecule has 2 aliphatic carbocycles. The molecule has 8 heteroatoms. The van der Waals surface area contributed by atoms with Gasteiger partial charge < -0.3 is 24.1 Å². The first kappa shape index (κ1) is 26.3. The molecular weight excluding hydrogens is 464 g/mol. The molecular formula is C28H28O8. The van der Waals surface area contributed by atoms with Crippen LogP contribution in [0, 0.1) is 12.8 Å². The largest absolute Gasteiger partial charge is 0.506 e. The van der Waals surface area contributed by atoms with Crippen LogP contribution in [0.4, 0.5) is 0 Å². The third kappa shape index (κ3) is 6.02. The van der Waals surface area contributed by atoms with E-state index in [9.17, 15) is 19.5 Å². The van der Waals surface area contributed by atoms with Crippen molar-refractivity contribution in [1.29, 1.82) is 0 Å². The number of hydrogen-bond acceptors (Lipinski definition) is 8. The monoisotopic (exact) mass is 492 g/mol. The summed E-state index contributed by atoms with van der Waals surface area (Å²) < 4.78 is 21.4. The van der Waals surface area contributed by atoms with E-state index < -0.39 is 11.9 Å². The SMILES string of the molecule is C=CC(=O)OCCOC1=CC(C)C=C/C1=C1/C(=O)C(c2ccc(C)cc2OCCOC(=O)C=C)=C1O. The van der Waals surface area contributed by atoms with Crippen LogP contribution in [0.3, 0.4) is 0 Å². The van der Waals surface area contributed by atoms with Crippen LogP contribution < -0.4 is 4.74 Å². The molecule has 1 N–H and O–H groups in total. The fourth-order valence-corrected chi connectivity index (χ4v) is 3.61. The van der Waals surface area contributed by atoms with Gasteiger partial charge in [-0.25, -0.2) is 9.59 Å². The van der Waals surface area contributed by atoms with Crippen molar-refractivity contribution >= 4 is 23.3 Å². The van der Waals surface area contributed by atoms with Crippen LogP contribution in [0.1, 0.15) is 18.1 Å². The summed E-state index contributed by atoms with van der Waals surface area (Å²) in [5.41, 5.74) is 2.02. The molecule has 0 fully saturated rings. The Labute approximate surface area is 209 Å². The lowest BCUT2D eigenvalue weighted by atomic mass is 9.79. The Balaban J connectivity index is 1.84. The molecule has 1 atom stereocenters. The Kier molecular flexibility index (Phi) is 8.67. The van der Waals surface area contributed by atoms with Gasteiger partial charge in [-0.05, 0) is 30.5 Å². The Morgan fingerprint density at radius 1 is 1.00 bits per heavy atom. The number of esters is 2. The predicted octanol–water partition coefficient (Wildman–Crippen LogP) is 4.09. The molecule has 0 aliphatic heterocycles. The number of ketones is 1. The minimum atomic E-state index is -0.561. The van der Waals surface area contributed by atoms with E-state index in [0.29, 0.717) is 22.6 Å². The highest BCUT2D eigenvalue weighted by molar-refractivity contribution is 6.39. The zero-order chi connectivity index (χ0) is 26.2. The van der Waals surface area contributed by atoms with Crippen LogP contribution in [0.15, 0.2) is 84.4 Å². The standard InChI is InChI=1S/C28H28O8/c1-5-23(29)35-13-11-33-21-15-17(3)7-9-19(21)25-27(31)26(28(25)32)20-10-8-18(4)16-22(20)34-12-14-36-24(30)6-2/h5-10,15-17,31H,1-2,11-14H2,3-4H3/b25-19-. The zero-order valence-electron chi connectivity index (χ0n) is 20.2. The number of rotatable bonds is 11. The fourth-order valence-electron chi connectivity index (χ4n) is 3.61. The second-order valence-electron chi connectivity index (χ2n) is 8.03. The van der Waals surface area contributed by atoms with E-state index in [1.165, 1.54) is 0 Å². The van der Waals surface area contributed by atoms with E-state index in [1.807, 2.05) is 26.0 Å². The van der Waals surface area contributed by atoms with Crippen LogP contribution in [-0.2, 0) is 28.6 Å². The first-order valence-corrected chi connectivity index (χ1v) is 11.3. The number of ether oxygens (including phenoxy) is 4. The van der Waals surface area contributed by atoms with E-state index in [1.54, 1.807) is 24.3 Å². The lowest BCUT2D eigenvalue weighted by Gasteiger charge is -2.27. The van der Waals surface area contributed by atoms with Crippen molar-refractivity contribution in [2.45, 2.75) is 13.8 Å². The number of aryl methyl sites for hydroxylation is 1. The first-order valence-electron chi connectivity index (χ1n) is 11.3. The van der Waals surface area contributed by atoms with Crippen molar-refractivity contribution in [2.24, 2.45) is 5.92 Å². The quantitative estimate of drug-likeness (QED) is 0.280. The van der Waals surface area contributed by atoms with Crippen molar-refractivity contribution in [3.05, 3.63) is 95.5 Å². The Hall–Kier alpha value is -4.33. The normalized spacial score (nSPS) is 18.7. The molecule has 0 saturated heterocycles. The highest BCUT2D eigenvalue weighted by Gasteiger charge is 2.39. The van der Waals surface area contributed by atoms with E-state index in [4.69, 9.17) is 18.9 Å². The molecule has 188 valence electrons. The van der Waals surface area contributed by atoms with Gasteiger partial charge in [-0.2, -0.15) is 0 Å². The predicted molar refractivity (Wildman–Crippen MR) is 133 cm³/mol. The summed E-state index contributed by atoms with van der Waals surface area (Å²) in [4.78, 5) is 35.7. The van der Waals surface area contributed by atoms with E-state index in [0.717, 1.165) is 17.7 Å². The maximum Gasteiger partial charge on any atom is 0.330 e. The molecule has 0 bridgehead atoms. The van der Waals surface area contributed by atoms with Gasteiger partial charge in [-0.1, -0.05) is 44.4 Å². The highest BCUT2D eigenvalue weighted by Crippen LogP contribution is 2.43. The average molecular weight is 493 g/mol. The molecule has 8 nitrogen and oxygen atoms in total.